The molecule has 8 fully saturated rings. The number of nitrogens with zero attached hydrogens (tertiary/aromatic N) is 2. The fourth-order valence-corrected chi connectivity index (χ4v) is 16.7. The number of carbonyl (C=O) groups is 10. The molecule has 0 unspecified atom stereocenters. The van der Waals surface area contributed by atoms with Crippen LogP contribution in [0.2, 0.25) is 0 Å². The molecule has 8 saturated heterocycles. The number of Topliss-reactive ketones (excluding diaryl/α,β-unsaturated/α-hetero) is 3. The molecule has 0 aliphatic carbocycles. The molecule has 54 heteroatoms. The third-order valence-corrected chi connectivity index (χ3v) is 25.0. The average Bonchev–Trinajstić information content (AvgIpc) is 1.69. The number of imide groups is 1. The Balaban J connectivity index is 0.866. The van der Waals surface area contributed by atoms with Crippen LogP contribution in [0.3, 0.4) is 0 Å². The van der Waals surface area contributed by atoms with Crippen LogP contribution in [0.15, 0.2) is 0 Å². The summed E-state index contributed by atoms with van der Waals surface area (Å²) in [4.78, 5) is 138. The summed E-state index contributed by atoms with van der Waals surface area (Å²) in [6, 6.07) is 0. The van der Waals surface area contributed by atoms with Gasteiger partial charge >= 0.3 is 5.97 Å². The minimum Gasteiger partial charge on any atom is -0.394 e. The highest BCUT2D eigenvalue weighted by Gasteiger charge is 2.56. The number of ketones is 3. The van der Waals surface area contributed by atoms with Crippen molar-refractivity contribution < 1.29 is 237 Å². The van der Waals surface area contributed by atoms with Gasteiger partial charge in [-0.3, -0.25) is 48.1 Å². The first-order valence-electron chi connectivity index (χ1n) is 47.0. The lowest BCUT2D eigenvalue weighted by atomic mass is 9.92. The van der Waals surface area contributed by atoms with Gasteiger partial charge in [-0.2, -0.15) is 0 Å². The Kier molecular flexibility index (Phi) is 50.7. The van der Waals surface area contributed by atoms with Crippen LogP contribution in [-0.4, -0.2) is 511 Å². The summed E-state index contributed by atoms with van der Waals surface area (Å²) in [5.41, 5.74) is 0. The monoisotopic (exact) mass is 2010 g/mol. The molecule has 0 aromatic heterocycles. The van der Waals surface area contributed by atoms with Gasteiger partial charge in [0, 0.05) is 89.9 Å². The first-order chi connectivity index (χ1) is 66.2. The first kappa shape index (κ1) is 118. The fourth-order valence-electron chi connectivity index (χ4n) is 16.7. The molecule has 0 spiro atoms. The molecule has 139 heavy (non-hydrogen) atoms. The maximum absolute atomic E-state index is 14.4. The van der Waals surface area contributed by atoms with Crippen LogP contribution in [0.1, 0.15) is 148 Å². The normalized spacial score (nSPS) is 35.8. The fraction of sp³-hybridized carbons (Fsp3) is 0.882. The van der Waals surface area contributed by atoms with Crippen LogP contribution in [0.4, 0.5) is 0 Å². The molecule has 28 N–H and O–H groups in total. The van der Waals surface area contributed by atoms with E-state index >= 15 is 0 Å². The predicted octanol–water partition coefficient (Wildman–Crippen LogP) is -14.4. The molecule has 8 rings (SSSR count). The summed E-state index contributed by atoms with van der Waals surface area (Å²) in [7, 11) is 0. The summed E-state index contributed by atoms with van der Waals surface area (Å²) in [6.45, 7) is -8.42. The van der Waals surface area contributed by atoms with E-state index in [1.54, 1.807) is 0 Å². The first-order valence-corrected chi connectivity index (χ1v) is 47.0. The minimum absolute atomic E-state index is 0.0209. The second-order valence-electron chi connectivity index (χ2n) is 35.7. The van der Waals surface area contributed by atoms with Gasteiger partial charge in [-0.1, -0.05) is 25.7 Å². The molecule has 6 amide bonds. The van der Waals surface area contributed by atoms with Crippen molar-refractivity contribution in [3.63, 3.8) is 0 Å². The number of aliphatic hydroxyl groups excluding tert-OH is 24. The highest BCUT2D eigenvalue weighted by Crippen LogP contribution is 2.36. The zero-order chi connectivity index (χ0) is 102. The number of ether oxygens (including phenoxy) is 13. The quantitative estimate of drug-likeness (QED) is 0.0199. The molecule has 8 aliphatic rings. The summed E-state index contributed by atoms with van der Waals surface area (Å²) in [5.74, 6) is -7.23. The van der Waals surface area contributed by atoms with Gasteiger partial charge in [-0.15, -0.1) is 5.06 Å². The van der Waals surface area contributed by atoms with Crippen LogP contribution >= 0.6 is 0 Å². The molecule has 8 aliphatic heterocycles. The summed E-state index contributed by atoms with van der Waals surface area (Å²) in [5, 5.41) is 262. The van der Waals surface area contributed by atoms with Crippen molar-refractivity contribution in [1.82, 2.24) is 31.2 Å². The zero-order valence-corrected chi connectivity index (χ0v) is 76.8. The summed E-state index contributed by atoms with van der Waals surface area (Å²) >= 11 is 0. The van der Waals surface area contributed by atoms with Gasteiger partial charge in [-0.25, -0.2) is 4.79 Å². The van der Waals surface area contributed by atoms with Crippen molar-refractivity contribution in [3.05, 3.63) is 0 Å². The Morgan fingerprint density at radius 3 is 1.12 bits per heavy atom. The second kappa shape index (κ2) is 59.6. The van der Waals surface area contributed by atoms with Crippen molar-refractivity contribution in [3.8, 4) is 0 Å². The van der Waals surface area contributed by atoms with Crippen LogP contribution in [0.25, 0.3) is 0 Å². The Bertz CT molecular complexity index is 3720. The van der Waals surface area contributed by atoms with Gasteiger partial charge in [0.2, 0.25) is 23.6 Å². The van der Waals surface area contributed by atoms with Gasteiger partial charge < -0.3 is 210 Å². The van der Waals surface area contributed by atoms with E-state index in [0.29, 0.717) is 69.3 Å². The minimum atomic E-state index is -2.06. The van der Waals surface area contributed by atoms with Gasteiger partial charge in [0.1, 0.15) is 188 Å². The largest absolute Gasteiger partial charge is 0.394 e. The number of hydrogen-bond donors (Lipinski definition) is 28. The number of hydrogen-bond acceptors (Lipinski definition) is 49. The van der Waals surface area contributed by atoms with Crippen LogP contribution < -0.4 is 21.3 Å². The lowest BCUT2D eigenvalue weighted by Gasteiger charge is -2.46. The average molecular weight is 2020 g/mol. The van der Waals surface area contributed by atoms with Gasteiger partial charge in [0.25, 0.3) is 11.8 Å². The van der Waals surface area contributed by atoms with Gasteiger partial charge in [0.15, 0.2) is 37.7 Å². The number of amides is 6. The van der Waals surface area contributed by atoms with E-state index in [0.717, 1.165) is 0 Å². The van der Waals surface area contributed by atoms with Crippen molar-refractivity contribution in [2.45, 2.75) is 362 Å². The Morgan fingerprint density at radius 2 is 0.676 bits per heavy atom. The lowest BCUT2D eigenvalue weighted by Crippen LogP contribution is -2.65. The number of hydroxylamine groups is 2. The summed E-state index contributed by atoms with van der Waals surface area (Å²) in [6.07, 6.45) is -58.2. The molecule has 800 valence electrons. The maximum Gasteiger partial charge on any atom is 0.333 e. The van der Waals surface area contributed by atoms with E-state index in [-0.39, 0.29) is 115 Å². The molecule has 8 heterocycles. The van der Waals surface area contributed by atoms with Crippen molar-refractivity contribution >= 4 is 58.8 Å². The molecule has 0 aromatic rings. The molecular formula is C85H142N6O48. The number of nitrogens with one attached hydrogen (secondary N) is 4. The topological polar surface area (TPSA) is 840 Å². The number of unbranched alkanes of at least 4 members (excludes halogenated alkanes) is 7. The van der Waals surface area contributed by atoms with E-state index in [9.17, 15) is 171 Å². The maximum atomic E-state index is 14.4. The molecule has 0 saturated carbocycles. The van der Waals surface area contributed by atoms with Gasteiger partial charge in [-0.05, 0) is 64.2 Å². The van der Waals surface area contributed by atoms with Crippen LogP contribution in [0.5, 0.6) is 0 Å². The third-order valence-electron chi connectivity index (χ3n) is 25.0. The van der Waals surface area contributed by atoms with E-state index in [4.69, 9.17) is 66.4 Å². The summed E-state index contributed by atoms with van der Waals surface area (Å²) < 4.78 is 73.2. The van der Waals surface area contributed by atoms with Gasteiger partial charge in [0.05, 0.1) is 85.2 Å². The van der Waals surface area contributed by atoms with Crippen LogP contribution in [0, 0.1) is 5.92 Å². The molecule has 0 bridgehead atoms. The SMILES string of the molecule is O=C(CCCCCNC(=O)[C@H](CCC(=O)NCCO[C@H]1O[C@H](CO[C@H]2O[C@H](CO)[C@@H](O)[C@H](O)[C@@H]2O)[C@@H](O)[C@H](O[C@H]2O[C@H](CO)[C@@H](O)[C@H](O)[C@@H]2O)[C@@H]1O)CC(=O)CN(CC(=O)NCCCCCC(=O)CCCO[C@H]1O[C@H](CO[C@H]2O[C@H](CO)[C@@H](O)[C@H](O)[C@@H]2O)[C@@H](O)[C@H](O[C@H]2O[C@H](CO)[C@@H](O)[C@H](O)[C@@H]2O)[C@@H]1O)CC(=O)NCCCCCC(=O)ON1C(=O)CCC1=O)CCCC[C@H]1O[C@H](CO)[C@@H](O)[C@H](O)[C@@H]1O. The second-order valence-corrected chi connectivity index (χ2v) is 35.7. The standard InChI is InChI=1S/C85H142N6O48/c92-33-45-59(107)66(114)58(106)44(130-45)17-8-7-15-41(97)13-5-2-11-25-89-79(125)40(19-20-52(100)88-26-28-127-83-76(124)78(138-85-74(122)70(118)63(111)49(37-96)134-85)65(113)51(136-83)39-129-81-72(120)68(116)61(109)47(35-94)132-81)29-43(99)30-90(32-54(102)87-24-10-3-6-18-57(105)139-91-55(103)21-22-56(91)104)31-53(101)86-23-9-1-4-14-42(98)16-12-27-126-82-75(123)77(137-84-73(121)69(117)62(110)48(36-95)133-84)64(112)50(135-82)38-128-80-71(119)67(115)60(108)46(34-93)131-80/h40,44-51,58-78,80-85,92-96,106-124H,1-39H2,(H,86,101)(H,87,102)(H,88,100)(H,89,125)/t40-,44-,45-,46-,47-,48-,49-,50-,51-,58-,59-,60-,61-,62-,63-,64-,65-,66-,67+,68+,69+,70+,71+,72+,73+,74+,75+,76+,77+,78+,80+,81+,82+,83+,84-,85-/m1/s1. The van der Waals surface area contributed by atoms with Crippen LogP contribution in [-0.2, 0) is 114 Å². The van der Waals surface area contributed by atoms with E-state index in [1.165, 1.54) is 4.90 Å². The molecule has 54 nitrogen and oxygen atoms in total. The molecular weight excluding hydrogens is 1870 g/mol. The van der Waals surface area contributed by atoms with E-state index in [2.05, 4.69) is 21.3 Å². The van der Waals surface area contributed by atoms with Crippen molar-refractivity contribution in [2.24, 2.45) is 5.92 Å². The molecule has 0 aromatic carbocycles. The molecule has 0 radical (unpaired) electrons. The predicted molar refractivity (Wildman–Crippen MR) is 455 cm³/mol. The highest BCUT2D eigenvalue weighted by atomic mass is 16.8. The Morgan fingerprint density at radius 1 is 0.324 bits per heavy atom. The highest BCUT2D eigenvalue weighted by molar-refractivity contribution is 6.01. The lowest BCUT2D eigenvalue weighted by molar-refractivity contribution is -0.366. The smallest absolute Gasteiger partial charge is 0.333 e. The van der Waals surface area contributed by atoms with Crippen molar-refractivity contribution in [1.29, 1.82) is 0 Å². The Hall–Kier alpha value is -6.02. The van der Waals surface area contributed by atoms with Crippen molar-refractivity contribution in [2.75, 3.05) is 105 Å². The zero-order valence-electron chi connectivity index (χ0n) is 76.8. The van der Waals surface area contributed by atoms with E-state index < -0.39 is 353 Å². The number of aliphatic hydroxyl groups is 24. The number of carbonyl (C=O) groups excluding carboxylic acids is 10. The Labute approximate surface area is 797 Å². The third kappa shape index (κ3) is 35.1. The number of rotatable bonds is 60. The van der Waals surface area contributed by atoms with E-state index in [1.807, 2.05) is 0 Å². The molecule has 36 atom stereocenters.